The Hall–Kier alpha value is -1.86. The van der Waals surface area contributed by atoms with E-state index in [0.717, 1.165) is 23.0 Å². The number of esters is 1. The van der Waals surface area contributed by atoms with E-state index in [1.54, 1.807) is 0 Å². The van der Waals surface area contributed by atoms with Gasteiger partial charge in [-0.3, -0.25) is 4.79 Å². The fourth-order valence-corrected chi connectivity index (χ4v) is 3.94. The average Bonchev–Trinajstić information content (AvgIpc) is 3.02. The summed E-state index contributed by atoms with van der Waals surface area (Å²) in [7, 11) is 0. The minimum absolute atomic E-state index is 0.299. The Kier molecular flexibility index (Phi) is 5.15. The lowest BCUT2D eigenvalue weighted by atomic mass is 10.0. The largest absolute Gasteiger partial charge is 0.458 e. The molecule has 1 amide bonds. The van der Waals surface area contributed by atoms with E-state index in [0.29, 0.717) is 30.7 Å². The number of hydrogen-bond acceptors (Lipinski definition) is 6. The van der Waals surface area contributed by atoms with Gasteiger partial charge < -0.3 is 14.8 Å². The van der Waals surface area contributed by atoms with Crippen molar-refractivity contribution in [1.82, 2.24) is 5.32 Å². The van der Waals surface area contributed by atoms with Crippen molar-refractivity contribution in [2.45, 2.75) is 38.0 Å². The molecule has 0 saturated carbocycles. The Morgan fingerprint density at radius 3 is 2.88 bits per heavy atom. The summed E-state index contributed by atoms with van der Waals surface area (Å²) in [5, 5.41) is 3.15. The van der Waals surface area contributed by atoms with Gasteiger partial charge in [-0.05, 0) is 24.5 Å². The smallest absolute Gasteiger partial charge is 0.332 e. The minimum Gasteiger partial charge on any atom is -0.458 e. The summed E-state index contributed by atoms with van der Waals surface area (Å²) < 4.78 is 9.69. The lowest BCUT2D eigenvalue weighted by Gasteiger charge is -2.12. The first-order valence-corrected chi connectivity index (χ1v) is 9.16. The number of aliphatic imine (C=N–C) groups is 1. The van der Waals surface area contributed by atoms with Crippen LogP contribution in [0.15, 0.2) is 29.3 Å². The van der Waals surface area contributed by atoms with E-state index >= 15 is 0 Å². The van der Waals surface area contributed by atoms with Crippen LogP contribution < -0.4 is 5.32 Å². The highest BCUT2D eigenvalue weighted by Crippen LogP contribution is 2.43. The molecule has 3 rings (SSSR count). The first kappa shape index (κ1) is 17.9. The molecule has 7 heteroatoms. The van der Waals surface area contributed by atoms with Crippen LogP contribution in [0, 0.1) is 12.8 Å². The van der Waals surface area contributed by atoms with Gasteiger partial charge in [0, 0.05) is 13.0 Å². The average molecular weight is 362 g/mol. The van der Waals surface area contributed by atoms with Crippen molar-refractivity contribution in [3.63, 3.8) is 0 Å². The Labute approximate surface area is 151 Å². The summed E-state index contributed by atoms with van der Waals surface area (Å²) in [6.07, 6.45) is -0.102. The molecule has 134 valence electrons. The number of cyclic esters (lactones) is 1. The van der Waals surface area contributed by atoms with Gasteiger partial charge in [0.15, 0.2) is 5.17 Å². The van der Waals surface area contributed by atoms with Crippen molar-refractivity contribution in [3.8, 4) is 0 Å². The number of amidine groups is 1. The van der Waals surface area contributed by atoms with E-state index in [2.05, 4.69) is 24.2 Å². The molecule has 2 heterocycles. The second-order valence-electron chi connectivity index (χ2n) is 6.75. The Bertz CT molecular complexity index is 719. The maximum atomic E-state index is 12.5. The third-order valence-corrected chi connectivity index (χ3v) is 5.32. The zero-order chi connectivity index (χ0) is 18.0. The molecule has 2 unspecified atom stereocenters. The fraction of sp³-hybridized carbons (Fsp3) is 0.500. The van der Waals surface area contributed by atoms with E-state index in [9.17, 15) is 9.59 Å². The number of amides is 1. The molecule has 25 heavy (non-hydrogen) atoms. The van der Waals surface area contributed by atoms with Crippen molar-refractivity contribution in [2.24, 2.45) is 10.9 Å². The van der Waals surface area contributed by atoms with E-state index in [1.165, 1.54) is 0 Å². The zero-order valence-corrected chi connectivity index (χ0v) is 15.4. The summed E-state index contributed by atoms with van der Waals surface area (Å²) in [5.41, 5.74) is 1.77. The molecule has 0 bridgehead atoms. The molecule has 6 nitrogen and oxygen atoms in total. The molecular weight excluding hydrogens is 340 g/mol. The zero-order valence-electron chi connectivity index (χ0n) is 14.6. The van der Waals surface area contributed by atoms with Crippen molar-refractivity contribution < 1.29 is 19.1 Å². The van der Waals surface area contributed by atoms with Crippen LogP contribution in [0.4, 0.5) is 5.69 Å². The van der Waals surface area contributed by atoms with Gasteiger partial charge >= 0.3 is 5.97 Å². The van der Waals surface area contributed by atoms with E-state index in [-0.39, 0.29) is 5.91 Å². The number of rotatable bonds is 5. The van der Waals surface area contributed by atoms with Crippen LogP contribution in [0.3, 0.4) is 0 Å². The Balaban J connectivity index is 1.71. The highest BCUT2D eigenvalue weighted by Gasteiger charge is 2.60. The second kappa shape index (κ2) is 7.17. The number of aryl methyl sites for hydroxylation is 1. The number of nitrogens with one attached hydrogen (secondary N) is 1. The van der Waals surface area contributed by atoms with Gasteiger partial charge in [0.1, 0.15) is 6.10 Å². The molecule has 1 aromatic carbocycles. The van der Waals surface area contributed by atoms with Gasteiger partial charge in [-0.2, -0.15) is 0 Å². The maximum Gasteiger partial charge on any atom is 0.332 e. The highest BCUT2D eigenvalue weighted by atomic mass is 32.2. The third kappa shape index (κ3) is 3.72. The van der Waals surface area contributed by atoms with Crippen LogP contribution in [0.2, 0.25) is 0 Å². The van der Waals surface area contributed by atoms with E-state index in [1.807, 2.05) is 31.2 Å². The molecule has 2 atom stereocenters. The first-order valence-electron chi connectivity index (χ1n) is 8.34. The maximum absolute atomic E-state index is 12.5. The van der Waals surface area contributed by atoms with Crippen molar-refractivity contribution >= 4 is 34.5 Å². The number of ether oxygens (including phenoxy) is 2. The number of nitrogens with zero attached hydrogens (tertiary/aromatic N) is 1. The van der Waals surface area contributed by atoms with Crippen LogP contribution in [-0.2, 0) is 19.1 Å². The summed E-state index contributed by atoms with van der Waals surface area (Å²) in [5.74, 6) is -0.465. The van der Waals surface area contributed by atoms with Gasteiger partial charge in [0.25, 0.3) is 5.91 Å². The SMILES string of the molecule is Cc1ccccc1N=C1NC(=O)C2(CC(COCC(C)C)OC2=O)S1. The molecule has 2 fully saturated rings. The number of carbonyl (C=O) groups excluding carboxylic acids is 2. The standard InChI is InChI=1S/C18H22N2O4S/c1-11(2)9-23-10-13-8-18(16(22)24-13)15(21)20-17(25-18)19-14-7-5-4-6-12(14)3/h4-7,11,13H,8-10H2,1-3H3,(H,19,20,21). The third-order valence-electron chi connectivity index (χ3n) is 4.07. The highest BCUT2D eigenvalue weighted by molar-refractivity contribution is 8.17. The van der Waals surface area contributed by atoms with Gasteiger partial charge in [0.2, 0.25) is 4.75 Å². The normalized spacial score (nSPS) is 27.4. The second-order valence-corrected chi connectivity index (χ2v) is 8.04. The van der Waals surface area contributed by atoms with Gasteiger partial charge in [-0.25, -0.2) is 9.79 Å². The molecule has 0 radical (unpaired) electrons. The van der Waals surface area contributed by atoms with Crippen molar-refractivity contribution in [3.05, 3.63) is 29.8 Å². The molecule has 0 aromatic heterocycles. The van der Waals surface area contributed by atoms with Gasteiger partial charge in [-0.15, -0.1) is 0 Å². The molecule has 2 saturated heterocycles. The van der Waals surface area contributed by atoms with Crippen LogP contribution in [0.25, 0.3) is 0 Å². The molecule has 0 aliphatic carbocycles. The summed E-state index contributed by atoms with van der Waals surface area (Å²) in [4.78, 5) is 29.3. The quantitative estimate of drug-likeness (QED) is 0.643. The molecule has 2 aliphatic rings. The van der Waals surface area contributed by atoms with Crippen LogP contribution in [-0.4, -0.2) is 41.1 Å². The number of carbonyl (C=O) groups is 2. The number of para-hydroxylation sites is 1. The number of benzene rings is 1. The monoisotopic (exact) mass is 362 g/mol. The molecule has 1 N–H and O–H groups in total. The fourth-order valence-electron chi connectivity index (χ4n) is 2.77. The Morgan fingerprint density at radius 2 is 2.16 bits per heavy atom. The van der Waals surface area contributed by atoms with E-state index < -0.39 is 16.8 Å². The topological polar surface area (TPSA) is 77.0 Å². The molecule has 2 aliphatic heterocycles. The first-order chi connectivity index (χ1) is 11.9. The lowest BCUT2D eigenvalue weighted by Crippen LogP contribution is -2.40. The predicted octanol–water partition coefficient (Wildman–Crippen LogP) is 2.57. The summed E-state index contributed by atoms with van der Waals surface area (Å²) >= 11 is 1.14. The number of hydrogen-bond donors (Lipinski definition) is 1. The summed E-state index contributed by atoms with van der Waals surface area (Å²) in [6.45, 7) is 6.96. The van der Waals surface area contributed by atoms with E-state index in [4.69, 9.17) is 9.47 Å². The predicted molar refractivity (Wildman–Crippen MR) is 96.9 cm³/mol. The Morgan fingerprint density at radius 1 is 1.40 bits per heavy atom. The summed E-state index contributed by atoms with van der Waals surface area (Å²) in [6, 6.07) is 7.63. The van der Waals surface area contributed by atoms with Gasteiger partial charge in [-0.1, -0.05) is 43.8 Å². The molecule has 1 spiro atoms. The van der Waals surface area contributed by atoms with Gasteiger partial charge in [0.05, 0.1) is 12.3 Å². The van der Waals surface area contributed by atoms with Crippen LogP contribution in [0.1, 0.15) is 25.8 Å². The lowest BCUT2D eigenvalue weighted by molar-refractivity contribution is -0.146. The van der Waals surface area contributed by atoms with Crippen molar-refractivity contribution in [1.29, 1.82) is 0 Å². The number of thioether (sulfide) groups is 1. The van der Waals surface area contributed by atoms with Crippen molar-refractivity contribution in [2.75, 3.05) is 13.2 Å². The minimum atomic E-state index is -1.24. The molecule has 1 aromatic rings. The molecular formula is C18H22N2O4S. The van der Waals surface area contributed by atoms with Crippen LogP contribution in [0.5, 0.6) is 0 Å². The van der Waals surface area contributed by atoms with Crippen LogP contribution >= 0.6 is 11.8 Å².